The second-order valence-electron chi connectivity index (χ2n) is 9.26. The lowest BCUT2D eigenvalue weighted by atomic mass is 9.95. The summed E-state index contributed by atoms with van der Waals surface area (Å²) in [7, 11) is -3.62. The smallest absolute Gasteiger partial charge is 0.304 e. The zero-order chi connectivity index (χ0) is 27.1. The van der Waals surface area contributed by atoms with Crippen molar-refractivity contribution in [3.8, 4) is 22.9 Å². The Morgan fingerprint density at radius 2 is 1.50 bits per heavy atom. The number of rotatable bonds is 12. The maximum atomic E-state index is 12.2. The van der Waals surface area contributed by atoms with Crippen molar-refractivity contribution in [2.24, 2.45) is 5.92 Å². The average molecular weight is 535 g/mol. The van der Waals surface area contributed by atoms with E-state index in [9.17, 15) is 13.2 Å². The number of carbonyl (C=O) groups is 1. The van der Waals surface area contributed by atoms with Crippen molar-refractivity contribution < 1.29 is 22.7 Å². The van der Waals surface area contributed by atoms with Gasteiger partial charge in [0.05, 0.1) is 18.2 Å². The fraction of sp³-hybridized carbons (Fsp3) is 0.250. The van der Waals surface area contributed by atoms with Gasteiger partial charge in [-0.2, -0.15) is 0 Å². The lowest BCUT2D eigenvalue weighted by molar-refractivity contribution is -0.136. The maximum Gasteiger partial charge on any atom is 0.304 e. The number of aromatic nitrogens is 2. The van der Waals surface area contributed by atoms with E-state index in [1.165, 1.54) is 0 Å². The third-order valence-corrected chi connectivity index (χ3v) is 7.28. The lowest BCUT2D eigenvalue weighted by Crippen LogP contribution is -2.27. The molecule has 0 radical (unpaired) electrons. The monoisotopic (exact) mass is 534 g/mol. The van der Waals surface area contributed by atoms with Crippen LogP contribution in [0.2, 0.25) is 0 Å². The molecular weight excluding hydrogens is 504 g/mol. The molecule has 0 aliphatic rings. The first-order valence-corrected chi connectivity index (χ1v) is 13.9. The summed E-state index contributed by atoms with van der Waals surface area (Å²) in [5.41, 5.74) is 4.25. The molecular formula is C28H30N4O5S. The van der Waals surface area contributed by atoms with E-state index in [4.69, 9.17) is 9.52 Å². The summed E-state index contributed by atoms with van der Waals surface area (Å²) in [6.07, 6.45) is -0.261. The van der Waals surface area contributed by atoms with Gasteiger partial charge in [-0.05, 0) is 53.4 Å². The first-order chi connectivity index (χ1) is 18.2. The first-order valence-electron chi connectivity index (χ1n) is 12.2. The summed E-state index contributed by atoms with van der Waals surface area (Å²) in [6.45, 7) is 4.12. The summed E-state index contributed by atoms with van der Waals surface area (Å²) in [6, 6.07) is 24.8. The molecule has 1 heterocycles. The minimum absolute atomic E-state index is 0.0129. The second-order valence-corrected chi connectivity index (χ2v) is 11.1. The van der Waals surface area contributed by atoms with Gasteiger partial charge in [0.15, 0.2) is 0 Å². The Morgan fingerprint density at radius 3 is 2.08 bits per heavy atom. The third kappa shape index (κ3) is 7.27. The van der Waals surface area contributed by atoms with E-state index in [1.807, 2.05) is 66.7 Å². The van der Waals surface area contributed by atoms with Crippen LogP contribution in [0, 0.1) is 5.92 Å². The van der Waals surface area contributed by atoms with Crippen LogP contribution in [-0.2, 0) is 20.6 Å². The molecule has 4 rings (SSSR count). The quantitative estimate of drug-likeness (QED) is 0.228. The summed E-state index contributed by atoms with van der Waals surface area (Å²) in [5, 5.41) is 20.6. The normalized spacial score (nSPS) is 12.4. The molecule has 0 saturated carbocycles. The molecule has 38 heavy (non-hydrogen) atoms. The number of carboxylic acids is 1. The largest absolute Gasteiger partial charge is 0.481 e. The highest BCUT2D eigenvalue weighted by Crippen LogP contribution is 2.30. The number of sulfonamides is 1. The number of benzene rings is 3. The minimum atomic E-state index is -3.62. The van der Waals surface area contributed by atoms with Gasteiger partial charge in [0.1, 0.15) is 0 Å². The second kappa shape index (κ2) is 12.0. The lowest BCUT2D eigenvalue weighted by Gasteiger charge is -2.24. The van der Waals surface area contributed by atoms with Crippen molar-refractivity contribution in [1.29, 1.82) is 0 Å². The van der Waals surface area contributed by atoms with Gasteiger partial charge in [-0.15, -0.1) is 10.2 Å². The molecule has 0 aliphatic heterocycles. The zero-order valence-corrected chi connectivity index (χ0v) is 22.0. The van der Waals surface area contributed by atoms with Crippen LogP contribution in [0.4, 0.5) is 5.69 Å². The molecule has 0 unspecified atom stereocenters. The molecule has 0 amide bonds. The van der Waals surface area contributed by atoms with E-state index in [0.717, 1.165) is 22.4 Å². The van der Waals surface area contributed by atoms with Gasteiger partial charge >= 0.3 is 5.97 Å². The van der Waals surface area contributed by atoms with Gasteiger partial charge in [-0.25, -0.2) is 13.1 Å². The Balaban J connectivity index is 1.41. The number of aliphatic carboxylic acids is 1. The van der Waals surface area contributed by atoms with E-state index in [2.05, 4.69) is 34.1 Å². The predicted octanol–water partition coefficient (Wildman–Crippen LogP) is 5.11. The van der Waals surface area contributed by atoms with Crippen LogP contribution in [0.15, 0.2) is 83.3 Å². The highest BCUT2D eigenvalue weighted by atomic mass is 32.2. The molecule has 0 saturated heterocycles. The molecule has 3 aromatic carbocycles. The number of carboxylic acid groups (broad SMARTS) is 1. The standard InChI is InChI=1S/C28H30N4O5S/c1-19(2)26(30-24-14-8-20(9-15-24)18-38(35,36)29-17-16-25(33)34)21-10-12-23(13-11-21)28-32-31-27(37-28)22-6-4-3-5-7-22/h3-15,19,26,29-30H,16-18H2,1-2H3,(H,33,34)/t26-/m0/s1. The van der Waals surface area contributed by atoms with E-state index in [-0.39, 0.29) is 30.7 Å². The van der Waals surface area contributed by atoms with Crippen molar-refractivity contribution in [2.75, 3.05) is 11.9 Å². The molecule has 0 spiro atoms. The Morgan fingerprint density at radius 1 is 0.895 bits per heavy atom. The van der Waals surface area contributed by atoms with Gasteiger partial charge in [-0.1, -0.05) is 56.3 Å². The van der Waals surface area contributed by atoms with Crippen LogP contribution in [0.25, 0.3) is 22.9 Å². The molecule has 1 aromatic heterocycles. The average Bonchev–Trinajstić information content (AvgIpc) is 3.39. The number of nitrogens with zero attached hydrogens (tertiary/aromatic N) is 2. The first kappa shape index (κ1) is 27.0. The van der Waals surface area contributed by atoms with Gasteiger partial charge in [0, 0.05) is 23.4 Å². The van der Waals surface area contributed by atoms with Crippen molar-refractivity contribution in [2.45, 2.75) is 32.1 Å². The molecule has 4 aromatic rings. The molecule has 3 N–H and O–H groups in total. The topological polar surface area (TPSA) is 134 Å². The van der Waals surface area contributed by atoms with Gasteiger partial charge < -0.3 is 14.8 Å². The Kier molecular flexibility index (Phi) is 8.55. The Labute approximate surface area is 222 Å². The van der Waals surface area contributed by atoms with E-state index < -0.39 is 16.0 Å². The zero-order valence-electron chi connectivity index (χ0n) is 21.2. The SMILES string of the molecule is CC(C)[C@H](Nc1ccc(CS(=O)(=O)NCCC(=O)O)cc1)c1ccc(-c2nnc(-c3ccccc3)o2)cc1. The third-order valence-electron chi connectivity index (χ3n) is 5.92. The molecule has 10 heteroatoms. The van der Waals surface area contributed by atoms with Crippen molar-refractivity contribution in [1.82, 2.24) is 14.9 Å². The van der Waals surface area contributed by atoms with Crippen LogP contribution in [-0.4, -0.2) is 36.2 Å². The van der Waals surface area contributed by atoms with Crippen LogP contribution in [0.5, 0.6) is 0 Å². The van der Waals surface area contributed by atoms with Crippen LogP contribution in [0.3, 0.4) is 0 Å². The van der Waals surface area contributed by atoms with Gasteiger partial charge in [0.25, 0.3) is 0 Å². The molecule has 0 bridgehead atoms. The van der Waals surface area contributed by atoms with Crippen molar-refractivity contribution >= 4 is 21.7 Å². The molecule has 9 nitrogen and oxygen atoms in total. The van der Waals surface area contributed by atoms with E-state index >= 15 is 0 Å². The fourth-order valence-corrected chi connectivity index (χ4v) is 5.11. The van der Waals surface area contributed by atoms with Crippen LogP contribution < -0.4 is 10.0 Å². The van der Waals surface area contributed by atoms with Crippen molar-refractivity contribution in [3.63, 3.8) is 0 Å². The predicted molar refractivity (Wildman–Crippen MR) is 146 cm³/mol. The number of anilines is 1. The molecule has 1 atom stereocenters. The van der Waals surface area contributed by atoms with Crippen LogP contribution in [0.1, 0.15) is 37.4 Å². The summed E-state index contributed by atoms with van der Waals surface area (Å²) in [5.74, 6) is -0.0771. The number of hydrogen-bond acceptors (Lipinski definition) is 7. The molecule has 198 valence electrons. The van der Waals surface area contributed by atoms with Gasteiger partial charge in [-0.3, -0.25) is 4.79 Å². The Hall–Kier alpha value is -4.02. The summed E-state index contributed by atoms with van der Waals surface area (Å²) < 4.78 is 32.5. The van der Waals surface area contributed by atoms with E-state index in [1.54, 1.807) is 12.1 Å². The number of nitrogens with one attached hydrogen (secondary N) is 2. The highest BCUT2D eigenvalue weighted by Gasteiger charge is 2.18. The van der Waals surface area contributed by atoms with E-state index in [0.29, 0.717) is 17.3 Å². The Bertz CT molecular complexity index is 1450. The van der Waals surface area contributed by atoms with Crippen LogP contribution >= 0.6 is 0 Å². The minimum Gasteiger partial charge on any atom is -0.481 e. The molecule has 0 fully saturated rings. The summed E-state index contributed by atoms with van der Waals surface area (Å²) >= 11 is 0. The number of hydrogen-bond donors (Lipinski definition) is 3. The molecule has 0 aliphatic carbocycles. The summed E-state index contributed by atoms with van der Waals surface area (Å²) in [4.78, 5) is 10.6. The van der Waals surface area contributed by atoms with Crippen molar-refractivity contribution in [3.05, 3.63) is 90.0 Å². The maximum absolute atomic E-state index is 12.2. The fourth-order valence-electron chi connectivity index (χ4n) is 3.97. The van der Waals surface area contributed by atoms with Gasteiger partial charge in [0.2, 0.25) is 21.8 Å². The highest BCUT2D eigenvalue weighted by molar-refractivity contribution is 7.88.